The van der Waals surface area contributed by atoms with Gasteiger partial charge in [0.2, 0.25) is 0 Å². The lowest BCUT2D eigenvalue weighted by molar-refractivity contribution is 0.0526. The number of piperazine rings is 1. The zero-order chi connectivity index (χ0) is 19.2. The van der Waals surface area contributed by atoms with Gasteiger partial charge in [-0.1, -0.05) is 6.92 Å². The maximum absolute atomic E-state index is 11.7. The molecule has 1 fully saturated rings. The first-order chi connectivity index (χ1) is 13.1. The van der Waals surface area contributed by atoms with Crippen LogP contribution in [0.2, 0.25) is 0 Å². The minimum absolute atomic E-state index is 0.347. The molecular weight excluding hydrogens is 340 g/mol. The van der Waals surface area contributed by atoms with Crippen molar-refractivity contribution >= 4 is 23.2 Å². The number of rotatable bonds is 6. The molecule has 0 amide bonds. The van der Waals surface area contributed by atoms with Gasteiger partial charge in [-0.15, -0.1) is 0 Å². The lowest BCUT2D eigenvalue weighted by Crippen LogP contribution is -2.46. The van der Waals surface area contributed by atoms with E-state index in [9.17, 15) is 4.79 Å². The molecule has 3 rings (SSSR count). The predicted molar refractivity (Wildman–Crippen MR) is 109 cm³/mol. The quantitative estimate of drug-likeness (QED) is 0.788. The second-order valence-corrected chi connectivity index (χ2v) is 6.70. The van der Waals surface area contributed by atoms with Gasteiger partial charge in [0.25, 0.3) is 0 Å². The number of anilines is 3. The summed E-state index contributed by atoms with van der Waals surface area (Å²) in [5.41, 5.74) is 3.98. The Labute approximate surface area is 161 Å². The first-order valence-electron chi connectivity index (χ1n) is 9.59. The number of hydrogen-bond donors (Lipinski definition) is 1. The molecule has 0 saturated carbocycles. The number of pyridine rings is 1. The topological polar surface area (TPSA) is 57.7 Å². The van der Waals surface area contributed by atoms with Crippen molar-refractivity contribution in [1.82, 2.24) is 9.88 Å². The van der Waals surface area contributed by atoms with Gasteiger partial charge in [0.05, 0.1) is 12.2 Å². The molecule has 1 aromatic heterocycles. The monoisotopic (exact) mass is 368 g/mol. The molecule has 1 N–H and O–H groups in total. The van der Waals surface area contributed by atoms with E-state index in [-0.39, 0.29) is 5.97 Å². The number of carbonyl (C=O) groups excluding carboxylic acids is 1. The number of likely N-dealkylation sites (N-methyl/N-ethyl adjacent to an activating group) is 1. The Kier molecular flexibility index (Phi) is 6.29. The summed E-state index contributed by atoms with van der Waals surface area (Å²) in [6.07, 6.45) is 1.54. The summed E-state index contributed by atoms with van der Waals surface area (Å²) in [6.45, 7) is 12.0. The molecule has 0 radical (unpaired) electrons. The summed E-state index contributed by atoms with van der Waals surface area (Å²) in [5.74, 6) is 0.353. The van der Waals surface area contributed by atoms with E-state index in [0.717, 1.165) is 38.4 Å². The smallest absolute Gasteiger partial charge is 0.339 e. The number of nitrogens with one attached hydrogen (secondary N) is 1. The van der Waals surface area contributed by atoms with Gasteiger partial charge in [-0.3, -0.25) is 0 Å². The molecule has 1 aliphatic heterocycles. The molecule has 1 aromatic carbocycles. The number of aromatic nitrogens is 1. The Morgan fingerprint density at radius 3 is 2.52 bits per heavy atom. The summed E-state index contributed by atoms with van der Waals surface area (Å²) >= 11 is 0. The average molecular weight is 368 g/mol. The summed E-state index contributed by atoms with van der Waals surface area (Å²) in [7, 11) is 0. The molecule has 1 aliphatic rings. The van der Waals surface area contributed by atoms with Crippen LogP contribution in [-0.2, 0) is 4.74 Å². The number of hydrogen-bond acceptors (Lipinski definition) is 6. The first kappa shape index (κ1) is 19.2. The van der Waals surface area contributed by atoms with Gasteiger partial charge in [0.15, 0.2) is 0 Å². The number of carbonyl (C=O) groups is 1. The van der Waals surface area contributed by atoms with E-state index in [4.69, 9.17) is 4.74 Å². The van der Waals surface area contributed by atoms with Crippen LogP contribution in [0.15, 0.2) is 36.5 Å². The number of nitrogens with zero attached hydrogens (tertiary/aromatic N) is 3. The van der Waals surface area contributed by atoms with E-state index in [1.807, 2.05) is 0 Å². The van der Waals surface area contributed by atoms with Gasteiger partial charge in [0.1, 0.15) is 5.82 Å². The third-order valence-corrected chi connectivity index (χ3v) is 4.90. The standard InChI is InChI=1S/C21H28N4O2/c1-4-24-10-12-25(13-11-24)19-8-7-18(14-16(19)3)23-20-9-6-17(15-22-20)21(26)27-5-2/h6-9,14-15H,4-5,10-13H2,1-3H3,(H,22,23). The summed E-state index contributed by atoms with van der Waals surface area (Å²) in [4.78, 5) is 20.9. The van der Waals surface area contributed by atoms with Crippen LogP contribution >= 0.6 is 0 Å². The fourth-order valence-electron chi connectivity index (χ4n) is 3.34. The molecular formula is C21H28N4O2. The highest BCUT2D eigenvalue weighted by Gasteiger charge is 2.17. The molecule has 2 aromatic rings. The zero-order valence-corrected chi connectivity index (χ0v) is 16.4. The summed E-state index contributed by atoms with van der Waals surface area (Å²) < 4.78 is 4.98. The molecule has 144 valence electrons. The largest absolute Gasteiger partial charge is 0.462 e. The van der Waals surface area contributed by atoms with Crippen molar-refractivity contribution in [2.45, 2.75) is 20.8 Å². The van der Waals surface area contributed by atoms with E-state index in [1.54, 1.807) is 19.1 Å². The highest BCUT2D eigenvalue weighted by Crippen LogP contribution is 2.26. The Morgan fingerprint density at radius 1 is 1.15 bits per heavy atom. The molecule has 6 nitrogen and oxygen atoms in total. The van der Waals surface area contributed by atoms with Crippen molar-refractivity contribution in [3.8, 4) is 0 Å². The van der Waals surface area contributed by atoms with Gasteiger partial charge in [0, 0.05) is 43.8 Å². The van der Waals surface area contributed by atoms with E-state index < -0.39 is 0 Å². The fourth-order valence-corrected chi connectivity index (χ4v) is 3.34. The van der Waals surface area contributed by atoms with E-state index >= 15 is 0 Å². The van der Waals surface area contributed by atoms with Crippen molar-refractivity contribution < 1.29 is 9.53 Å². The van der Waals surface area contributed by atoms with Crippen LogP contribution in [0.4, 0.5) is 17.2 Å². The SMILES string of the molecule is CCOC(=O)c1ccc(Nc2ccc(N3CCN(CC)CC3)c(C)c2)nc1. The normalized spacial score (nSPS) is 14.9. The van der Waals surface area contributed by atoms with Gasteiger partial charge in [-0.25, -0.2) is 9.78 Å². The first-order valence-corrected chi connectivity index (χ1v) is 9.59. The third-order valence-electron chi connectivity index (χ3n) is 4.90. The van der Waals surface area contributed by atoms with Gasteiger partial charge in [-0.05, 0) is 56.3 Å². The highest BCUT2D eigenvalue weighted by molar-refractivity contribution is 5.89. The van der Waals surface area contributed by atoms with E-state index in [0.29, 0.717) is 18.0 Å². The summed E-state index contributed by atoms with van der Waals surface area (Å²) in [6, 6.07) is 9.91. The second kappa shape index (κ2) is 8.86. The highest BCUT2D eigenvalue weighted by atomic mass is 16.5. The van der Waals surface area contributed by atoms with Crippen molar-refractivity contribution in [3.63, 3.8) is 0 Å². The molecule has 0 atom stereocenters. The lowest BCUT2D eigenvalue weighted by Gasteiger charge is -2.36. The summed E-state index contributed by atoms with van der Waals surface area (Å²) in [5, 5.41) is 3.30. The van der Waals surface area contributed by atoms with Crippen LogP contribution in [-0.4, -0.2) is 55.2 Å². The van der Waals surface area contributed by atoms with Crippen molar-refractivity contribution in [3.05, 3.63) is 47.7 Å². The van der Waals surface area contributed by atoms with Gasteiger partial charge < -0.3 is 19.9 Å². The second-order valence-electron chi connectivity index (χ2n) is 6.70. The predicted octanol–water partition coefficient (Wildman–Crippen LogP) is 3.45. The zero-order valence-electron chi connectivity index (χ0n) is 16.4. The number of ether oxygens (including phenoxy) is 1. The molecule has 0 spiro atoms. The third kappa shape index (κ3) is 4.77. The molecule has 0 aliphatic carbocycles. The molecule has 27 heavy (non-hydrogen) atoms. The van der Waals surface area contributed by atoms with Crippen LogP contribution in [0.1, 0.15) is 29.8 Å². The minimum Gasteiger partial charge on any atom is -0.462 e. The Bertz CT molecular complexity index is 768. The van der Waals surface area contributed by atoms with Crippen LogP contribution in [0.3, 0.4) is 0 Å². The number of benzene rings is 1. The maximum Gasteiger partial charge on any atom is 0.339 e. The van der Waals surface area contributed by atoms with Crippen molar-refractivity contribution in [2.24, 2.45) is 0 Å². The maximum atomic E-state index is 11.7. The number of esters is 1. The number of aryl methyl sites for hydroxylation is 1. The van der Waals surface area contributed by atoms with Gasteiger partial charge >= 0.3 is 5.97 Å². The lowest BCUT2D eigenvalue weighted by atomic mass is 10.1. The Morgan fingerprint density at radius 2 is 1.93 bits per heavy atom. The Balaban J connectivity index is 1.65. The van der Waals surface area contributed by atoms with E-state index in [2.05, 4.69) is 52.1 Å². The van der Waals surface area contributed by atoms with Crippen LogP contribution < -0.4 is 10.2 Å². The van der Waals surface area contributed by atoms with Crippen LogP contribution in [0, 0.1) is 6.92 Å². The van der Waals surface area contributed by atoms with Gasteiger partial charge in [-0.2, -0.15) is 0 Å². The average Bonchev–Trinajstić information content (AvgIpc) is 2.69. The van der Waals surface area contributed by atoms with Crippen molar-refractivity contribution in [2.75, 3.05) is 49.5 Å². The van der Waals surface area contributed by atoms with Crippen molar-refractivity contribution in [1.29, 1.82) is 0 Å². The fraction of sp³-hybridized carbons (Fsp3) is 0.429. The molecule has 2 heterocycles. The molecule has 0 unspecified atom stereocenters. The minimum atomic E-state index is -0.347. The van der Waals surface area contributed by atoms with Crippen LogP contribution in [0.5, 0.6) is 0 Å². The molecule has 1 saturated heterocycles. The molecule has 0 bridgehead atoms. The van der Waals surface area contributed by atoms with Crippen LogP contribution in [0.25, 0.3) is 0 Å². The molecule has 6 heteroatoms. The Hall–Kier alpha value is -2.60. The van der Waals surface area contributed by atoms with E-state index in [1.165, 1.54) is 17.4 Å².